The van der Waals surface area contributed by atoms with Gasteiger partial charge in [-0.1, -0.05) is 6.07 Å². The molecule has 0 aliphatic heterocycles. The van der Waals surface area contributed by atoms with Gasteiger partial charge in [-0.05, 0) is 66.5 Å². The quantitative estimate of drug-likeness (QED) is 0.496. The molecular weight excluding hydrogens is 344 g/mol. The van der Waals surface area contributed by atoms with E-state index in [2.05, 4.69) is 34.2 Å². The molecule has 0 saturated heterocycles. The van der Waals surface area contributed by atoms with Crippen molar-refractivity contribution < 1.29 is 8.78 Å². The van der Waals surface area contributed by atoms with Crippen LogP contribution in [0.5, 0.6) is 0 Å². The lowest BCUT2D eigenvalue weighted by Gasteiger charge is -2.14. The van der Waals surface area contributed by atoms with E-state index in [0.717, 1.165) is 53.6 Å². The van der Waals surface area contributed by atoms with Gasteiger partial charge in [0.1, 0.15) is 0 Å². The number of rotatable bonds is 3. The number of aliphatic imine (C=N–C) groups is 1. The number of fused-ring (bicyclic) bond motifs is 4. The summed E-state index contributed by atoms with van der Waals surface area (Å²) in [5.74, 6) is -1.62. The first kappa shape index (κ1) is 16.2. The van der Waals surface area contributed by atoms with E-state index < -0.39 is 11.6 Å². The smallest absolute Gasteiger partial charge is 0.160 e. The molecule has 0 radical (unpaired) electrons. The number of nitrogens with one attached hydrogen (secondary N) is 2. The number of benzene rings is 2. The number of aromatic nitrogens is 2. The number of H-pyrrole nitrogens is 2. The summed E-state index contributed by atoms with van der Waals surface area (Å²) in [4.78, 5) is 11.3. The van der Waals surface area contributed by atoms with Crippen molar-refractivity contribution in [1.82, 2.24) is 9.97 Å². The molecule has 0 bridgehead atoms. The molecule has 5 rings (SSSR count). The molecule has 0 fully saturated rings. The molecule has 0 unspecified atom stereocenters. The van der Waals surface area contributed by atoms with Crippen molar-refractivity contribution >= 4 is 27.5 Å². The number of hydrogen-bond donors (Lipinski definition) is 2. The summed E-state index contributed by atoms with van der Waals surface area (Å²) >= 11 is 0. The van der Waals surface area contributed by atoms with Gasteiger partial charge >= 0.3 is 0 Å². The van der Waals surface area contributed by atoms with Gasteiger partial charge in [0.15, 0.2) is 11.6 Å². The van der Waals surface area contributed by atoms with E-state index in [-0.39, 0.29) is 0 Å². The highest BCUT2D eigenvalue weighted by Gasteiger charge is 2.21. The highest BCUT2D eigenvalue weighted by atomic mass is 19.2. The first-order chi connectivity index (χ1) is 13.2. The van der Waals surface area contributed by atoms with Gasteiger partial charge in [-0.3, -0.25) is 4.99 Å². The van der Waals surface area contributed by atoms with Gasteiger partial charge in [-0.25, -0.2) is 8.78 Å². The number of nitrogens with zero attached hydrogens (tertiary/aromatic N) is 1. The third-order valence-electron chi connectivity index (χ3n) is 5.40. The summed E-state index contributed by atoms with van der Waals surface area (Å²) in [5, 5.41) is 1.98. The molecule has 4 aromatic rings. The predicted molar refractivity (Wildman–Crippen MR) is 105 cm³/mol. The number of aryl methyl sites for hydroxylation is 1. The Hall–Kier alpha value is -2.95. The van der Waals surface area contributed by atoms with Crippen LogP contribution in [0.25, 0.3) is 21.8 Å². The van der Waals surface area contributed by atoms with E-state index in [9.17, 15) is 8.78 Å². The average molecular weight is 363 g/mol. The second-order valence-corrected chi connectivity index (χ2v) is 7.12. The Morgan fingerprint density at radius 2 is 1.85 bits per heavy atom. The molecule has 0 atom stereocenters. The highest BCUT2D eigenvalue weighted by Crippen LogP contribution is 2.31. The first-order valence-corrected chi connectivity index (χ1v) is 9.28. The fourth-order valence-electron chi connectivity index (χ4n) is 4.04. The van der Waals surface area contributed by atoms with Crippen molar-refractivity contribution in [2.24, 2.45) is 4.99 Å². The van der Waals surface area contributed by atoms with Crippen LogP contribution < -0.4 is 0 Å². The molecule has 136 valence electrons. The fraction of sp³-hybridized carbons (Fsp3) is 0.227. The zero-order valence-corrected chi connectivity index (χ0v) is 14.8. The van der Waals surface area contributed by atoms with E-state index in [0.29, 0.717) is 12.1 Å². The molecule has 2 aromatic carbocycles. The molecule has 1 aliphatic rings. The highest BCUT2D eigenvalue weighted by molar-refractivity contribution is 6.06. The van der Waals surface area contributed by atoms with E-state index in [1.165, 1.54) is 23.1 Å². The summed E-state index contributed by atoms with van der Waals surface area (Å²) in [7, 11) is 0. The van der Waals surface area contributed by atoms with Gasteiger partial charge in [0, 0.05) is 35.2 Å². The second kappa shape index (κ2) is 6.34. The van der Waals surface area contributed by atoms with Crippen LogP contribution in [0.1, 0.15) is 29.7 Å². The maximum absolute atomic E-state index is 13.6. The summed E-state index contributed by atoms with van der Waals surface area (Å²) in [6.07, 6.45) is 5.54. The van der Waals surface area contributed by atoms with Crippen LogP contribution in [0.15, 0.2) is 47.6 Å². The lowest BCUT2D eigenvalue weighted by Crippen LogP contribution is -2.12. The van der Waals surface area contributed by atoms with Gasteiger partial charge < -0.3 is 9.97 Å². The fourth-order valence-corrected chi connectivity index (χ4v) is 4.04. The Morgan fingerprint density at radius 3 is 2.78 bits per heavy atom. The number of aromatic amines is 2. The van der Waals surface area contributed by atoms with Crippen molar-refractivity contribution in [2.75, 3.05) is 6.54 Å². The van der Waals surface area contributed by atoms with E-state index in [4.69, 9.17) is 4.99 Å². The minimum atomic E-state index is -0.820. The monoisotopic (exact) mass is 363 g/mol. The van der Waals surface area contributed by atoms with Crippen LogP contribution in [-0.4, -0.2) is 22.2 Å². The first-order valence-electron chi connectivity index (χ1n) is 9.28. The largest absolute Gasteiger partial charge is 0.361 e. The number of hydrogen-bond acceptors (Lipinski definition) is 1. The molecule has 0 amide bonds. The van der Waals surface area contributed by atoms with Crippen LogP contribution in [0.2, 0.25) is 0 Å². The summed E-state index contributed by atoms with van der Waals surface area (Å²) in [6, 6.07) is 11.0. The molecule has 3 nitrogen and oxygen atoms in total. The van der Waals surface area contributed by atoms with Crippen molar-refractivity contribution in [1.29, 1.82) is 0 Å². The maximum atomic E-state index is 13.6. The van der Waals surface area contributed by atoms with Gasteiger partial charge in [0.25, 0.3) is 0 Å². The van der Waals surface area contributed by atoms with Crippen LogP contribution >= 0.6 is 0 Å². The number of halogens is 2. The zero-order chi connectivity index (χ0) is 18.4. The normalized spacial score (nSPS) is 15.7. The molecule has 0 saturated carbocycles. The molecule has 1 aliphatic carbocycles. The van der Waals surface area contributed by atoms with Gasteiger partial charge in [-0.15, -0.1) is 0 Å². The molecular formula is C22H19F2N3. The molecule has 5 heteroatoms. The van der Waals surface area contributed by atoms with Crippen molar-refractivity contribution in [3.8, 4) is 0 Å². The van der Waals surface area contributed by atoms with Crippen molar-refractivity contribution in [3.05, 3.63) is 71.1 Å². The van der Waals surface area contributed by atoms with Crippen molar-refractivity contribution in [3.63, 3.8) is 0 Å². The Bertz CT molecular complexity index is 1180. The Balaban J connectivity index is 1.42. The summed E-state index contributed by atoms with van der Waals surface area (Å²) < 4.78 is 27.2. The molecule has 2 heterocycles. The predicted octanol–water partition coefficient (Wildman–Crippen LogP) is 5.30. The van der Waals surface area contributed by atoms with Gasteiger partial charge in [0.05, 0.1) is 11.4 Å². The lowest BCUT2D eigenvalue weighted by molar-refractivity contribution is 0.511. The van der Waals surface area contributed by atoms with Crippen LogP contribution in [0.3, 0.4) is 0 Å². The van der Waals surface area contributed by atoms with Crippen LogP contribution in [0, 0.1) is 11.6 Å². The SMILES string of the molecule is Fc1cc2[nH]c3c(c2cc1F)CCC/C3=N\CCc1ccc2[nH]ccc2c1. The van der Waals surface area contributed by atoms with E-state index >= 15 is 0 Å². The molecule has 0 spiro atoms. The van der Waals surface area contributed by atoms with Crippen molar-refractivity contribution in [2.45, 2.75) is 25.7 Å². The van der Waals surface area contributed by atoms with Gasteiger partial charge in [-0.2, -0.15) is 0 Å². The minimum Gasteiger partial charge on any atom is -0.361 e. The second-order valence-electron chi connectivity index (χ2n) is 7.12. The summed E-state index contributed by atoms with van der Waals surface area (Å²) in [6.45, 7) is 0.697. The van der Waals surface area contributed by atoms with Crippen LogP contribution in [0.4, 0.5) is 8.78 Å². The maximum Gasteiger partial charge on any atom is 0.160 e. The van der Waals surface area contributed by atoms with E-state index in [1.807, 2.05) is 6.20 Å². The zero-order valence-electron chi connectivity index (χ0n) is 14.8. The topological polar surface area (TPSA) is 43.9 Å². The molecule has 2 N–H and O–H groups in total. The third-order valence-corrected chi connectivity index (χ3v) is 5.40. The Kier molecular flexibility index (Phi) is 3.81. The Morgan fingerprint density at radius 1 is 0.963 bits per heavy atom. The van der Waals surface area contributed by atoms with Crippen LogP contribution in [-0.2, 0) is 12.8 Å². The minimum absolute atomic E-state index is 0.645. The lowest BCUT2D eigenvalue weighted by atomic mass is 9.94. The Labute approximate surface area is 155 Å². The van der Waals surface area contributed by atoms with E-state index in [1.54, 1.807) is 0 Å². The molecule has 2 aromatic heterocycles. The average Bonchev–Trinajstić information content (AvgIpc) is 3.27. The van der Waals surface area contributed by atoms with Gasteiger partial charge in [0.2, 0.25) is 0 Å². The summed E-state index contributed by atoms with van der Waals surface area (Å²) in [5.41, 5.74) is 6.05. The standard InChI is InChI=1S/C22H19F2N3/c23-17-11-16-15-2-1-3-20(22(15)27-21(16)12-18(17)24)26-8-6-13-4-5-19-14(10-13)7-9-25-19/h4-5,7,9-12,25,27H,1-3,6,8H2/b26-20+. The molecule has 27 heavy (non-hydrogen) atoms. The third kappa shape index (κ3) is 2.83.